The SMILES string of the molecule is OCCOc1ccc(NCc2cc(Br)ccc2F)cc1. The van der Waals surface area contributed by atoms with Crippen LogP contribution in [0.2, 0.25) is 0 Å². The van der Waals surface area contributed by atoms with Crippen LogP contribution in [0.1, 0.15) is 5.56 Å². The van der Waals surface area contributed by atoms with Gasteiger partial charge in [-0.15, -0.1) is 0 Å². The number of hydrogen-bond acceptors (Lipinski definition) is 3. The quantitative estimate of drug-likeness (QED) is 0.845. The minimum atomic E-state index is -0.233. The van der Waals surface area contributed by atoms with Crippen molar-refractivity contribution in [1.29, 1.82) is 0 Å². The standard InChI is InChI=1S/C15H15BrFNO2/c16-12-1-6-15(17)11(9-12)10-18-13-2-4-14(5-3-13)20-8-7-19/h1-6,9,18-19H,7-8,10H2. The molecule has 20 heavy (non-hydrogen) atoms. The molecule has 2 aromatic rings. The van der Waals surface area contributed by atoms with Crippen LogP contribution in [0.15, 0.2) is 46.9 Å². The average molecular weight is 340 g/mol. The number of benzene rings is 2. The van der Waals surface area contributed by atoms with Crippen molar-refractivity contribution in [2.24, 2.45) is 0 Å². The van der Waals surface area contributed by atoms with Crippen molar-refractivity contribution in [3.05, 3.63) is 58.3 Å². The molecule has 0 aliphatic heterocycles. The van der Waals surface area contributed by atoms with Gasteiger partial charge in [0.05, 0.1) is 6.61 Å². The Balaban J connectivity index is 1.95. The molecule has 0 saturated carbocycles. The molecule has 0 aliphatic carbocycles. The molecular formula is C15H15BrFNO2. The van der Waals surface area contributed by atoms with Crippen molar-refractivity contribution < 1.29 is 14.2 Å². The van der Waals surface area contributed by atoms with Crippen LogP contribution in [0.25, 0.3) is 0 Å². The highest BCUT2D eigenvalue weighted by molar-refractivity contribution is 9.10. The van der Waals surface area contributed by atoms with Crippen LogP contribution in [-0.2, 0) is 6.54 Å². The van der Waals surface area contributed by atoms with Crippen LogP contribution >= 0.6 is 15.9 Å². The molecule has 0 aliphatic rings. The normalized spacial score (nSPS) is 10.3. The summed E-state index contributed by atoms with van der Waals surface area (Å²) in [5, 5.41) is 11.8. The van der Waals surface area contributed by atoms with E-state index < -0.39 is 0 Å². The molecule has 2 N–H and O–H groups in total. The zero-order chi connectivity index (χ0) is 14.4. The first-order chi connectivity index (χ1) is 9.69. The maximum absolute atomic E-state index is 13.6. The van der Waals surface area contributed by atoms with Crippen molar-refractivity contribution in [2.45, 2.75) is 6.54 Å². The highest BCUT2D eigenvalue weighted by atomic mass is 79.9. The summed E-state index contributed by atoms with van der Waals surface area (Å²) in [4.78, 5) is 0. The molecule has 2 aromatic carbocycles. The van der Waals surface area contributed by atoms with Gasteiger partial charge in [-0.2, -0.15) is 0 Å². The Kier molecular flexibility index (Phi) is 5.38. The van der Waals surface area contributed by atoms with Gasteiger partial charge < -0.3 is 15.2 Å². The van der Waals surface area contributed by atoms with Crippen LogP contribution in [-0.4, -0.2) is 18.3 Å². The first-order valence-electron chi connectivity index (χ1n) is 6.20. The third-order valence-electron chi connectivity index (χ3n) is 2.71. The maximum atomic E-state index is 13.6. The van der Waals surface area contributed by atoms with Gasteiger partial charge in [0.15, 0.2) is 0 Å². The second-order valence-corrected chi connectivity index (χ2v) is 5.10. The van der Waals surface area contributed by atoms with Crippen molar-refractivity contribution in [3.63, 3.8) is 0 Å². The lowest BCUT2D eigenvalue weighted by molar-refractivity contribution is 0.201. The van der Waals surface area contributed by atoms with E-state index in [1.54, 1.807) is 24.3 Å². The van der Waals surface area contributed by atoms with E-state index in [2.05, 4.69) is 21.2 Å². The summed E-state index contributed by atoms with van der Waals surface area (Å²) >= 11 is 3.32. The molecule has 0 heterocycles. The Morgan fingerprint density at radius 2 is 1.90 bits per heavy atom. The molecule has 0 radical (unpaired) electrons. The fourth-order valence-electron chi connectivity index (χ4n) is 1.71. The molecular weight excluding hydrogens is 325 g/mol. The summed E-state index contributed by atoms with van der Waals surface area (Å²) in [5.41, 5.74) is 1.47. The van der Waals surface area contributed by atoms with Crippen molar-refractivity contribution in [2.75, 3.05) is 18.5 Å². The van der Waals surface area contributed by atoms with E-state index >= 15 is 0 Å². The van der Waals surface area contributed by atoms with Crippen LogP contribution in [0, 0.1) is 5.82 Å². The Morgan fingerprint density at radius 1 is 1.15 bits per heavy atom. The van der Waals surface area contributed by atoms with Crippen LogP contribution < -0.4 is 10.1 Å². The van der Waals surface area contributed by atoms with Gasteiger partial charge in [-0.05, 0) is 42.5 Å². The van der Waals surface area contributed by atoms with Crippen molar-refractivity contribution in [3.8, 4) is 5.75 Å². The number of hydrogen-bond donors (Lipinski definition) is 2. The molecule has 0 atom stereocenters. The smallest absolute Gasteiger partial charge is 0.128 e. The number of aliphatic hydroxyl groups is 1. The highest BCUT2D eigenvalue weighted by Gasteiger charge is 2.03. The van der Waals surface area contributed by atoms with Crippen LogP contribution in [0.3, 0.4) is 0 Å². The zero-order valence-corrected chi connectivity index (χ0v) is 12.4. The van der Waals surface area contributed by atoms with Crippen LogP contribution in [0.5, 0.6) is 5.75 Å². The van der Waals surface area contributed by atoms with Gasteiger partial charge in [-0.1, -0.05) is 15.9 Å². The number of anilines is 1. The van der Waals surface area contributed by atoms with Crippen molar-refractivity contribution in [1.82, 2.24) is 0 Å². The minimum absolute atomic E-state index is 0.0117. The molecule has 5 heteroatoms. The van der Waals surface area contributed by atoms with E-state index in [0.717, 1.165) is 10.2 Å². The highest BCUT2D eigenvalue weighted by Crippen LogP contribution is 2.19. The molecule has 0 unspecified atom stereocenters. The minimum Gasteiger partial charge on any atom is -0.491 e. The number of ether oxygens (including phenoxy) is 1. The molecule has 0 bridgehead atoms. The average Bonchev–Trinajstić information content (AvgIpc) is 2.47. The zero-order valence-electron chi connectivity index (χ0n) is 10.8. The van der Waals surface area contributed by atoms with Gasteiger partial charge in [0.1, 0.15) is 18.2 Å². The summed E-state index contributed by atoms with van der Waals surface area (Å²) < 4.78 is 19.7. The summed E-state index contributed by atoms with van der Waals surface area (Å²) in [7, 11) is 0. The molecule has 3 nitrogen and oxygen atoms in total. The van der Waals surface area contributed by atoms with E-state index in [0.29, 0.717) is 17.9 Å². The first kappa shape index (κ1) is 14.8. The number of aliphatic hydroxyl groups excluding tert-OH is 1. The number of nitrogens with one attached hydrogen (secondary N) is 1. The van der Waals surface area contributed by atoms with Crippen molar-refractivity contribution >= 4 is 21.6 Å². The predicted molar refractivity (Wildman–Crippen MR) is 80.4 cm³/mol. The number of halogens is 2. The molecule has 0 fully saturated rings. The molecule has 0 amide bonds. The van der Waals surface area contributed by atoms with Gasteiger partial charge in [-0.25, -0.2) is 4.39 Å². The molecule has 0 saturated heterocycles. The number of rotatable bonds is 6. The predicted octanol–water partition coefficient (Wildman–Crippen LogP) is 3.57. The Bertz CT molecular complexity index is 560. The molecule has 0 spiro atoms. The summed E-state index contributed by atoms with van der Waals surface area (Å²) in [6, 6.07) is 12.2. The Labute approximate surface area is 125 Å². The van der Waals surface area contributed by atoms with Gasteiger partial charge >= 0.3 is 0 Å². The van der Waals surface area contributed by atoms with E-state index in [1.165, 1.54) is 6.07 Å². The Hall–Kier alpha value is -1.59. The lowest BCUT2D eigenvalue weighted by atomic mass is 10.2. The molecule has 106 valence electrons. The third kappa shape index (κ3) is 4.21. The lowest BCUT2D eigenvalue weighted by Crippen LogP contribution is -2.03. The molecule has 2 rings (SSSR count). The maximum Gasteiger partial charge on any atom is 0.128 e. The van der Waals surface area contributed by atoms with E-state index in [1.807, 2.05) is 12.1 Å². The summed E-state index contributed by atoms with van der Waals surface area (Å²) in [6.45, 7) is 0.667. The topological polar surface area (TPSA) is 41.5 Å². The van der Waals surface area contributed by atoms with E-state index in [9.17, 15) is 4.39 Å². The van der Waals surface area contributed by atoms with E-state index in [-0.39, 0.29) is 19.0 Å². The third-order valence-corrected chi connectivity index (χ3v) is 3.20. The van der Waals surface area contributed by atoms with E-state index in [4.69, 9.17) is 9.84 Å². The Morgan fingerprint density at radius 3 is 2.60 bits per heavy atom. The second kappa shape index (κ2) is 7.26. The molecule has 0 aromatic heterocycles. The summed E-state index contributed by atoms with van der Waals surface area (Å²) in [6.07, 6.45) is 0. The van der Waals surface area contributed by atoms with Gasteiger partial charge in [-0.3, -0.25) is 0 Å². The fourth-order valence-corrected chi connectivity index (χ4v) is 2.12. The van der Waals surface area contributed by atoms with Gasteiger partial charge in [0.25, 0.3) is 0 Å². The largest absolute Gasteiger partial charge is 0.491 e. The fraction of sp³-hybridized carbons (Fsp3) is 0.200. The lowest BCUT2D eigenvalue weighted by Gasteiger charge is -2.09. The van der Waals surface area contributed by atoms with Crippen LogP contribution in [0.4, 0.5) is 10.1 Å². The summed E-state index contributed by atoms with van der Waals surface area (Å²) in [5.74, 6) is 0.460. The van der Waals surface area contributed by atoms with Gasteiger partial charge in [0.2, 0.25) is 0 Å². The first-order valence-corrected chi connectivity index (χ1v) is 7.00. The monoisotopic (exact) mass is 339 g/mol. The van der Waals surface area contributed by atoms with Gasteiger partial charge in [0, 0.05) is 22.3 Å². The second-order valence-electron chi connectivity index (χ2n) is 4.19.